The molecule has 0 N–H and O–H groups in total. The summed E-state index contributed by atoms with van der Waals surface area (Å²) in [5, 5.41) is 1.65. The zero-order chi connectivity index (χ0) is 19.6. The Morgan fingerprint density at radius 3 is 2.74 bits per heavy atom. The maximum atomic E-state index is 14.3. The fourth-order valence-electron chi connectivity index (χ4n) is 2.20. The van der Waals surface area contributed by atoms with Crippen LogP contribution in [0.4, 0.5) is 4.39 Å². The predicted octanol–water partition coefficient (Wildman–Crippen LogP) is 4.34. The van der Waals surface area contributed by atoms with E-state index in [1.54, 1.807) is 29.6 Å². The molecule has 10 heteroatoms. The van der Waals surface area contributed by atoms with Crippen LogP contribution in [-0.2, 0) is 14.8 Å². The number of amidine groups is 1. The van der Waals surface area contributed by atoms with E-state index in [1.807, 2.05) is 22.6 Å². The number of sulfonamides is 1. The minimum Gasteiger partial charge on any atom is -0.282 e. The maximum Gasteiger partial charge on any atom is 0.294 e. The standard InChI is InChI=1S/C17H12FIN2O3S3/c1-2-8-21-16(22)13(10-11-5-3-6-12(19)15(11)18)26-17(21)20-27(23,24)14-7-4-9-25-14/h2-7,9-10H,1,8H2/b13-10-,20-17?. The van der Waals surface area contributed by atoms with Gasteiger partial charge in [0, 0.05) is 15.7 Å². The Bertz CT molecular complexity index is 1060. The Hall–Kier alpha value is -1.50. The van der Waals surface area contributed by atoms with Gasteiger partial charge in [0.1, 0.15) is 10.0 Å². The number of benzene rings is 1. The van der Waals surface area contributed by atoms with E-state index in [4.69, 9.17) is 0 Å². The van der Waals surface area contributed by atoms with Crippen molar-refractivity contribution < 1.29 is 17.6 Å². The molecular formula is C17H12FIN2O3S3. The number of hydrogen-bond donors (Lipinski definition) is 0. The molecule has 2 heterocycles. The van der Waals surface area contributed by atoms with Gasteiger partial charge >= 0.3 is 0 Å². The van der Waals surface area contributed by atoms with E-state index in [0.717, 1.165) is 23.1 Å². The first-order valence-electron chi connectivity index (χ1n) is 7.48. The van der Waals surface area contributed by atoms with Crippen LogP contribution in [0.25, 0.3) is 6.08 Å². The first-order valence-corrected chi connectivity index (χ1v) is 11.7. The molecule has 0 saturated carbocycles. The summed E-state index contributed by atoms with van der Waals surface area (Å²) < 4.78 is 43.5. The Kier molecular flexibility index (Phi) is 6.18. The Balaban J connectivity index is 2.02. The first-order chi connectivity index (χ1) is 12.8. The van der Waals surface area contributed by atoms with Crippen molar-refractivity contribution in [1.82, 2.24) is 4.90 Å². The number of carbonyl (C=O) groups excluding carboxylic acids is 1. The van der Waals surface area contributed by atoms with Crippen molar-refractivity contribution in [3.63, 3.8) is 0 Å². The molecule has 0 atom stereocenters. The third-order valence-electron chi connectivity index (χ3n) is 3.42. The second-order valence-electron chi connectivity index (χ2n) is 5.24. The normalized spacial score (nSPS) is 17.9. The highest BCUT2D eigenvalue weighted by Crippen LogP contribution is 2.34. The molecule has 1 amide bonds. The van der Waals surface area contributed by atoms with E-state index < -0.39 is 21.7 Å². The lowest BCUT2D eigenvalue weighted by molar-refractivity contribution is -0.121. The van der Waals surface area contributed by atoms with Gasteiger partial charge in [0.2, 0.25) is 0 Å². The Labute approximate surface area is 177 Å². The highest BCUT2D eigenvalue weighted by molar-refractivity contribution is 14.1. The third-order valence-corrected chi connectivity index (χ3v) is 8.01. The van der Waals surface area contributed by atoms with Gasteiger partial charge in [-0.25, -0.2) is 4.39 Å². The first kappa shape index (κ1) is 20.2. The summed E-state index contributed by atoms with van der Waals surface area (Å²) in [6.45, 7) is 3.68. The summed E-state index contributed by atoms with van der Waals surface area (Å²) in [7, 11) is -3.93. The summed E-state index contributed by atoms with van der Waals surface area (Å²) in [6.07, 6.45) is 2.88. The van der Waals surface area contributed by atoms with Gasteiger partial charge in [-0.1, -0.05) is 24.3 Å². The van der Waals surface area contributed by atoms with E-state index in [9.17, 15) is 17.6 Å². The molecule has 3 rings (SSSR count). The summed E-state index contributed by atoms with van der Waals surface area (Å²) in [5.41, 5.74) is 0.249. The smallest absolute Gasteiger partial charge is 0.282 e. The van der Waals surface area contributed by atoms with Crippen molar-refractivity contribution in [2.45, 2.75) is 4.21 Å². The van der Waals surface area contributed by atoms with Crippen molar-refractivity contribution in [3.05, 3.63) is 68.2 Å². The number of thiophene rings is 1. The molecule has 2 aromatic rings. The number of thioether (sulfide) groups is 1. The van der Waals surface area contributed by atoms with Crippen molar-refractivity contribution in [1.29, 1.82) is 0 Å². The molecule has 140 valence electrons. The second-order valence-corrected chi connectivity index (χ2v) is 10.2. The lowest BCUT2D eigenvalue weighted by atomic mass is 10.2. The van der Waals surface area contributed by atoms with Crippen LogP contribution in [0, 0.1) is 9.39 Å². The molecule has 5 nitrogen and oxygen atoms in total. The van der Waals surface area contributed by atoms with Crippen molar-refractivity contribution >= 4 is 72.9 Å². The zero-order valence-electron chi connectivity index (χ0n) is 13.6. The number of nitrogens with zero attached hydrogens (tertiary/aromatic N) is 2. The summed E-state index contributed by atoms with van der Waals surface area (Å²) in [5.74, 6) is -0.885. The maximum absolute atomic E-state index is 14.3. The number of carbonyl (C=O) groups is 1. The van der Waals surface area contributed by atoms with Gasteiger partial charge in [0.25, 0.3) is 15.9 Å². The van der Waals surface area contributed by atoms with E-state index in [1.165, 1.54) is 23.1 Å². The molecule has 0 bridgehead atoms. The molecule has 1 aliphatic rings. The Morgan fingerprint density at radius 1 is 1.30 bits per heavy atom. The number of hydrogen-bond acceptors (Lipinski definition) is 5. The predicted molar refractivity (Wildman–Crippen MR) is 116 cm³/mol. The highest BCUT2D eigenvalue weighted by Gasteiger charge is 2.34. The van der Waals surface area contributed by atoms with Gasteiger partial charge in [0.05, 0.1) is 4.91 Å². The van der Waals surface area contributed by atoms with Crippen LogP contribution in [0.1, 0.15) is 5.56 Å². The van der Waals surface area contributed by atoms with Gasteiger partial charge in [0.15, 0.2) is 5.17 Å². The lowest BCUT2D eigenvalue weighted by Crippen LogP contribution is -2.29. The van der Waals surface area contributed by atoms with Gasteiger partial charge < -0.3 is 0 Å². The van der Waals surface area contributed by atoms with Crippen LogP contribution >= 0.6 is 45.7 Å². The van der Waals surface area contributed by atoms with E-state index in [2.05, 4.69) is 11.0 Å². The molecule has 1 saturated heterocycles. The van der Waals surface area contributed by atoms with Gasteiger partial charge in [-0.3, -0.25) is 9.69 Å². The van der Waals surface area contributed by atoms with Crippen molar-refractivity contribution in [3.8, 4) is 0 Å². The van der Waals surface area contributed by atoms with E-state index in [0.29, 0.717) is 3.57 Å². The highest BCUT2D eigenvalue weighted by atomic mass is 127. The van der Waals surface area contributed by atoms with Gasteiger partial charge in [-0.2, -0.15) is 8.42 Å². The lowest BCUT2D eigenvalue weighted by Gasteiger charge is -2.12. The minimum atomic E-state index is -3.93. The average Bonchev–Trinajstić information content (AvgIpc) is 3.25. The molecule has 0 aliphatic carbocycles. The molecule has 0 unspecified atom stereocenters. The molecule has 0 radical (unpaired) electrons. The summed E-state index contributed by atoms with van der Waals surface area (Å²) in [6, 6.07) is 7.90. The van der Waals surface area contributed by atoms with Crippen LogP contribution in [-0.4, -0.2) is 30.9 Å². The van der Waals surface area contributed by atoms with Crippen LogP contribution in [0.5, 0.6) is 0 Å². The number of amides is 1. The van der Waals surface area contributed by atoms with Crippen LogP contribution < -0.4 is 0 Å². The SMILES string of the molecule is C=CCN1C(=O)/C(=C/c2cccc(I)c2F)SC1=NS(=O)(=O)c1cccs1. The van der Waals surface area contributed by atoms with E-state index in [-0.39, 0.29) is 26.4 Å². The number of rotatable bonds is 5. The Morgan fingerprint density at radius 2 is 2.07 bits per heavy atom. The zero-order valence-corrected chi connectivity index (χ0v) is 18.2. The molecule has 1 aliphatic heterocycles. The number of halogens is 2. The monoisotopic (exact) mass is 534 g/mol. The molecule has 27 heavy (non-hydrogen) atoms. The van der Waals surface area contributed by atoms with Crippen LogP contribution in [0.15, 0.2) is 61.9 Å². The summed E-state index contributed by atoms with van der Waals surface area (Å²) >= 11 is 3.80. The molecule has 1 aromatic carbocycles. The van der Waals surface area contributed by atoms with Crippen molar-refractivity contribution in [2.24, 2.45) is 4.40 Å². The minimum absolute atomic E-state index is 0.0191. The largest absolute Gasteiger partial charge is 0.294 e. The average molecular weight is 534 g/mol. The van der Waals surface area contributed by atoms with Gasteiger partial charge in [-0.15, -0.1) is 22.3 Å². The molecular weight excluding hydrogens is 522 g/mol. The summed E-state index contributed by atoms with van der Waals surface area (Å²) in [4.78, 5) is 14.1. The molecule has 0 spiro atoms. The molecule has 1 aromatic heterocycles. The third kappa shape index (κ3) is 4.33. The fraction of sp³-hybridized carbons (Fsp3) is 0.0588. The second kappa shape index (κ2) is 8.25. The van der Waals surface area contributed by atoms with Gasteiger partial charge in [-0.05, 0) is 57.9 Å². The van der Waals surface area contributed by atoms with Crippen LogP contribution in [0.2, 0.25) is 0 Å². The topological polar surface area (TPSA) is 66.8 Å². The van der Waals surface area contributed by atoms with E-state index >= 15 is 0 Å². The quantitative estimate of drug-likeness (QED) is 0.325. The fourth-order valence-corrected chi connectivity index (χ4v) is 5.87. The van der Waals surface area contributed by atoms with Crippen molar-refractivity contribution in [2.75, 3.05) is 6.54 Å². The molecule has 1 fully saturated rings. The van der Waals surface area contributed by atoms with Crippen LogP contribution in [0.3, 0.4) is 0 Å².